The van der Waals surface area contributed by atoms with Crippen molar-refractivity contribution in [2.24, 2.45) is 0 Å². The zero-order valence-corrected chi connectivity index (χ0v) is 22.6. The smallest absolute Gasteiger partial charge is 0.256 e. The second-order valence-corrected chi connectivity index (χ2v) is 12.0. The van der Waals surface area contributed by atoms with Crippen molar-refractivity contribution < 1.29 is 22.7 Å². The van der Waals surface area contributed by atoms with Gasteiger partial charge in [0.1, 0.15) is 5.82 Å². The van der Waals surface area contributed by atoms with Gasteiger partial charge in [0.15, 0.2) is 11.5 Å². The topological polar surface area (TPSA) is 116 Å². The molecule has 1 aliphatic heterocycles. The van der Waals surface area contributed by atoms with Gasteiger partial charge in [0.2, 0.25) is 21.9 Å². The van der Waals surface area contributed by atoms with Gasteiger partial charge in [-0.2, -0.15) is 14.1 Å². The molecule has 1 amide bonds. The molecular weight excluding hydrogens is 538 g/mol. The fourth-order valence-electron chi connectivity index (χ4n) is 4.20. The summed E-state index contributed by atoms with van der Waals surface area (Å²) in [6.07, 6.45) is 0. The second-order valence-electron chi connectivity index (χ2n) is 8.98. The first-order valence-corrected chi connectivity index (χ1v) is 14.2. The molecule has 0 radical (unpaired) electrons. The Morgan fingerprint density at radius 2 is 1.77 bits per heavy atom. The molecule has 5 aromatic rings. The van der Waals surface area contributed by atoms with Crippen molar-refractivity contribution in [2.75, 3.05) is 19.2 Å². The number of carbonyl (C=O) groups is 1. The lowest BCUT2D eigenvalue weighted by atomic mass is 10.2. The van der Waals surface area contributed by atoms with Crippen LogP contribution in [0.25, 0.3) is 15.3 Å². The van der Waals surface area contributed by atoms with Crippen LogP contribution in [0.1, 0.15) is 21.6 Å². The number of rotatable bonds is 7. The summed E-state index contributed by atoms with van der Waals surface area (Å²) in [6, 6.07) is 20.6. The van der Waals surface area contributed by atoms with E-state index in [0.717, 1.165) is 15.8 Å². The number of aryl methyl sites for hydroxylation is 1. The van der Waals surface area contributed by atoms with Crippen LogP contribution in [0, 0.1) is 6.92 Å². The van der Waals surface area contributed by atoms with Crippen molar-refractivity contribution in [3.8, 4) is 16.6 Å². The van der Waals surface area contributed by atoms with E-state index in [2.05, 4.69) is 15.4 Å². The Bertz CT molecular complexity index is 1760. The molecule has 0 saturated heterocycles. The SMILES string of the molecule is Cc1cc(NC(=O)c2ccc(S(=O)(=O)N(C)Cc3ccccc3)cc2)n(-c2nc3cc4c(cc3s2)OCO4)n1. The summed E-state index contributed by atoms with van der Waals surface area (Å²) in [5, 5.41) is 7.94. The molecule has 0 unspecified atom stereocenters. The lowest BCUT2D eigenvalue weighted by molar-refractivity contribution is 0.102. The maximum Gasteiger partial charge on any atom is 0.256 e. The van der Waals surface area contributed by atoms with Crippen molar-refractivity contribution in [3.63, 3.8) is 0 Å². The summed E-state index contributed by atoms with van der Waals surface area (Å²) in [4.78, 5) is 17.9. The fourth-order valence-corrected chi connectivity index (χ4v) is 6.30. The number of ether oxygens (including phenoxy) is 2. The van der Waals surface area contributed by atoms with Crippen molar-refractivity contribution in [1.82, 2.24) is 19.1 Å². The average molecular weight is 562 g/mol. The van der Waals surface area contributed by atoms with Gasteiger partial charge in [-0.15, -0.1) is 0 Å². The third-order valence-corrected chi connectivity index (χ3v) is 9.01. The number of amides is 1. The highest BCUT2D eigenvalue weighted by molar-refractivity contribution is 7.89. The Hall–Kier alpha value is -4.26. The van der Waals surface area contributed by atoms with Gasteiger partial charge in [0, 0.05) is 37.4 Å². The molecule has 2 aromatic heterocycles. The normalized spacial score (nSPS) is 12.8. The van der Waals surface area contributed by atoms with Gasteiger partial charge < -0.3 is 14.8 Å². The van der Waals surface area contributed by atoms with Gasteiger partial charge in [-0.25, -0.2) is 13.4 Å². The number of hydrogen-bond acceptors (Lipinski definition) is 8. The fraction of sp³-hybridized carbons (Fsp3) is 0.148. The van der Waals surface area contributed by atoms with E-state index in [0.29, 0.717) is 33.7 Å². The molecule has 0 fully saturated rings. The zero-order valence-electron chi connectivity index (χ0n) is 21.0. The molecule has 198 valence electrons. The third-order valence-electron chi connectivity index (χ3n) is 6.20. The summed E-state index contributed by atoms with van der Waals surface area (Å²) in [6.45, 7) is 2.25. The third kappa shape index (κ3) is 4.85. The first-order valence-electron chi connectivity index (χ1n) is 12.0. The Morgan fingerprint density at radius 1 is 1.05 bits per heavy atom. The van der Waals surface area contributed by atoms with Crippen molar-refractivity contribution >= 4 is 43.3 Å². The number of aromatic nitrogens is 3. The molecule has 0 atom stereocenters. The maximum absolute atomic E-state index is 13.1. The minimum atomic E-state index is -3.73. The Morgan fingerprint density at radius 3 is 2.51 bits per heavy atom. The Balaban J connectivity index is 1.21. The quantitative estimate of drug-likeness (QED) is 0.309. The standard InChI is InChI=1S/C27H23N5O5S2/c1-17-12-25(32(30-17)27-28-21-13-22-23(37-16-36-22)14-24(21)38-27)29-26(33)19-8-10-20(11-9-19)39(34,35)31(2)15-18-6-4-3-5-7-18/h3-14H,15-16H2,1-2H3,(H,29,33). The molecule has 0 bridgehead atoms. The predicted molar refractivity (Wildman–Crippen MR) is 147 cm³/mol. The Kier molecular flexibility index (Phi) is 6.29. The molecule has 6 rings (SSSR count). The molecule has 12 heteroatoms. The molecule has 39 heavy (non-hydrogen) atoms. The van der Waals surface area contributed by atoms with Crippen LogP contribution < -0.4 is 14.8 Å². The number of thiazole rings is 1. The molecule has 0 aliphatic carbocycles. The van der Waals surface area contributed by atoms with E-state index >= 15 is 0 Å². The zero-order chi connectivity index (χ0) is 27.1. The van der Waals surface area contributed by atoms with Crippen LogP contribution in [0.15, 0.2) is 77.7 Å². The van der Waals surface area contributed by atoms with Crippen LogP contribution in [-0.2, 0) is 16.6 Å². The van der Waals surface area contributed by atoms with Gasteiger partial charge >= 0.3 is 0 Å². The highest BCUT2D eigenvalue weighted by Gasteiger charge is 2.22. The first kappa shape index (κ1) is 25.0. The maximum atomic E-state index is 13.1. The number of hydrogen-bond donors (Lipinski definition) is 1. The van der Waals surface area contributed by atoms with E-state index in [1.165, 1.54) is 47.0 Å². The minimum Gasteiger partial charge on any atom is -0.454 e. The van der Waals surface area contributed by atoms with Crippen LogP contribution in [0.4, 0.5) is 5.82 Å². The number of sulfonamides is 1. The summed E-state index contributed by atoms with van der Waals surface area (Å²) in [5.41, 5.74) is 2.62. The van der Waals surface area contributed by atoms with Crippen LogP contribution in [0.3, 0.4) is 0 Å². The lowest BCUT2D eigenvalue weighted by Crippen LogP contribution is -2.26. The number of benzene rings is 3. The highest BCUT2D eigenvalue weighted by atomic mass is 32.2. The van der Waals surface area contributed by atoms with E-state index in [-0.39, 0.29) is 18.2 Å². The Labute approximate surface area is 228 Å². The molecule has 0 spiro atoms. The van der Waals surface area contributed by atoms with Crippen LogP contribution >= 0.6 is 11.3 Å². The lowest BCUT2D eigenvalue weighted by Gasteiger charge is -2.17. The molecular formula is C27H23N5O5S2. The number of fused-ring (bicyclic) bond motifs is 2. The van der Waals surface area contributed by atoms with Crippen LogP contribution in [-0.4, -0.2) is 47.2 Å². The molecule has 1 aliphatic rings. The monoisotopic (exact) mass is 561 g/mol. The van der Waals surface area contributed by atoms with E-state index < -0.39 is 15.9 Å². The number of anilines is 1. The van der Waals surface area contributed by atoms with Gasteiger partial charge in [-0.3, -0.25) is 4.79 Å². The van der Waals surface area contributed by atoms with Gasteiger partial charge in [0.25, 0.3) is 5.91 Å². The van der Waals surface area contributed by atoms with E-state index in [9.17, 15) is 13.2 Å². The van der Waals surface area contributed by atoms with E-state index in [4.69, 9.17) is 9.47 Å². The average Bonchev–Trinajstić information content (AvgIpc) is 3.65. The highest BCUT2D eigenvalue weighted by Crippen LogP contribution is 2.39. The van der Waals surface area contributed by atoms with Crippen molar-refractivity contribution in [3.05, 3.63) is 89.6 Å². The molecule has 10 nitrogen and oxygen atoms in total. The summed E-state index contributed by atoms with van der Waals surface area (Å²) < 4.78 is 40.7. The first-order chi connectivity index (χ1) is 18.8. The predicted octanol–water partition coefficient (Wildman–Crippen LogP) is 4.59. The number of carbonyl (C=O) groups excluding carboxylic acids is 1. The van der Waals surface area contributed by atoms with E-state index in [1.54, 1.807) is 10.7 Å². The molecule has 0 saturated carbocycles. The second kappa shape index (κ2) is 9.80. The van der Waals surface area contributed by atoms with Gasteiger partial charge in [-0.1, -0.05) is 41.7 Å². The van der Waals surface area contributed by atoms with Gasteiger partial charge in [-0.05, 0) is 36.8 Å². The largest absolute Gasteiger partial charge is 0.454 e. The molecule has 1 N–H and O–H groups in total. The number of nitrogens with one attached hydrogen (secondary N) is 1. The summed E-state index contributed by atoms with van der Waals surface area (Å²) in [5.74, 6) is 1.34. The van der Waals surface area contributed by atoms with E-state index in [1.807, 2.05) is 49.4 Å². The number of nitrogens with zero attached hydrogens (tertiary/aromatic N) is 4. The van der Waals surface area contributed by atoms with Crippen molar-refractivity contribution in [1.29, 1.82) is 0 Å². The van der Waals surface area contributed by atoms with Gasteiger partial charge in [0.05, 0.1) is 20.8 Å². The molecule has 3 heterocycles. The van der Waals surface area contributed by atoms with Crippen LogP contribution in [0.2, 0.25) is 0 Å². The van der Waals surface area contributed by atoms with Crippen molar-refractivity contribution in [2.45, 2.75) is 18.4 Å². The summed E-state index contributed by atoms with van der Waals surface area (Å²) in [7, 11) is -2.20. The minimum absolute atomic E-state index is 0.104. The molecule has 3 aromatic carbocycles. The van der Waals surface area contributed by atoms with Crippen LogP contribution in [0.5, 0.6) is 11.5 Å². The summed E-state index contributed by atoms with van der Waals surface area (Å²) >= 11 is 1.41.